The summed E-state index contributed by atoms with van der Waals surface area (Å²) in [7, 11) is 1.76. The Hall–Kier alpha value is -1.30. The highest BCUT2D eigenvalue weighted by atomic mass is 79.9. The van der Waals surface area contributed by atoms with Gasteiger partial charge in [0.1, 0.15) is 5.69 Å². The summed E-state index contributed by atoms with van der Waals surface area (Å²) < 4.78 is 2.50. The van der Waals surface area contributed by atoms with Crippen LogP contribution >= 0.6 is 15.9 Å². The maximum atomic E-state index is 11.9. The normalized spacial score (nSPS) is 14.0. The first-order chi connectivity index (χ1) is 8.30. The van der Waals surface area contributed by atoms with E-state index in [2.05, 4.69) is 21.2 Å². The lowest BCUT2D eigenvalue weighted by molar-refractivity contribution is -0.147. The molecule has 5 nitrogen and oxygen atoms in total. The van der Waals surface area contributed by atoms with Crippen molar-refractivity contribution in [3.63, 3.8) is 0 Å². The van der Waals surface area contributed by atoms with Gasteiger partial charge in [0.15, 0.2) is 0 Å². The number of halogens is 1. The van der Waals surface area contributed by atoms with E-state index in [1.165, 1.54) is 0 Å². The summed E-state index contributed by atoms with van der Waals surface area (Å²) in [5, 5.41) is 11.8. The molecule has 0 aliphatic heterocycles. The molecule has 1 aromatic rings. The molecule has 2 N–H and O–H groups in total. The average Bonchev–Trinajstić information content (AvgIpc) is 2.64. The quantitative estimate of drug-likeness (QED) is 0.873. The summed E-state index contributed by atoms with van der Waals surface area (Å²) in [6, 6.07) is 1.69. The van der Waals surface area contributed by atoms with Crippen LogP contribution in [0.3, 0.4) is 0 Å². The topological polar surface area (TPSA) is 71.3 Å². The molecule has 0 fully saturated rings. The second kappa shape index (κ2) is 5.56. The SMILES string of the molecule is CCC(C)(CNC(=O)c1cc(Br)cn1C)C(=O)O. The molecule has 1 aromatic heterocycles. The zero-order chi connectivity index (χ0) is 13.9. The summed E-state index contributed by atoms with van der Waals surface area (Å²) in [5.74, 6) is -1.18. The van der Waals surface area contributed by atoms with Crippen LogP contribution in [0.4, 0.5) is 0 Å². The van der Waals surface area contributed by atoms with Gasteiger partial charge >= 0.3 is 5.97 Å². The van der Waals surface area contributed by atoms with Crippen LogP contribution in [0, 0.1) is 5.41 Å². The standard InChI is InChI=1S/C12H17BrN2O3/c1-4-12(2,11(17)18)7-14-10(16)9-5-8(13)6-15(9)3/h5-6H,4,7H2,1-3H3,(H,14,16)(H,17,18). The van der Waals surface area contributed by atoms with Gasteiger partial charge in [0.05, 0.1) is 5.41 Å². The molecule has 6 heteroatoms. The van der Waals surface area contributed by atoms with Crippen molar-refractivity contribution in [1.82, 2.24) is 9.88 Å². The van der Waals surface area contributed by atoms with Crippen LogP contribution in [0.1, 0.15) is 30.8 Å². The Bertz CT molecular complexity index is 470. The van der Waals surface area contributed by atoms with Gasteiger partial charge in [-0.3, -0.25) is 9.59 Å². The number of carbonyl (C=O) groups is 2. The number of carboxylic acids is 1. The fraction of sp³-hybridized carbons (Fsp3) is 0.500. The third kappa shape index (κ3) is 3.13. The number of rotatable bonds is 5. The molecule has 0 aromatic carbocycles. The number of hydrogen-bond donors (Lipinski definition) is 2. The third-order valence-electron chi connectivity index (χ3n) is 3.14. The predicted octanol–water partition coefficient (Wildman–Crippen LogP) is 2.02. The minimum atomic E-state index is -0.932. The largest absolute Gasteiger partial charge is 0.481 e. The molecule has 0 radical (unpaired) electrons. The molecular weight excluding hydrogens is 300 g/mol. The highest BCUT2D eigenvalue weighted by molar-refractivity contribution is 9.10. The number of amides is 1. The van der Waals surface area contributed by atoms with E-state index in [-0.39, 0.29) is 12.5 Å². The zero-order valence-electron chi connectivity index (χ0n) is 10.7. The van der Waals surface area contributed by atoms with E-state index in [1.54, 1.807) is 37.7 Å². The Morgan fingerprint density at radius 1 is 1.56 bits per heavy atom. The Labute approximate surface area is 114 Å². The van der Waals surface area contributed by atoms with Crippen molar-refractivity contribution in [2.75, 3.05) is 6.54 Å². The highest BCUT2D eigenvalue weighted by Crippen LogP contribution is 2.20. The maximum absolute atomic E-state index is 11.9. The molecule has 1 heterocycles. The van der Waals surface area contributed by atoms with Gasteiger partial charge in [0, 0.05) is 24.3 Å². The van der Waals surface area contributed by atoms with Crippen molar-refractivity contribution in [2.24, 2.45) is 12.5 Å². The van der Waals surface area contributed by atoms with Crippen LogP contribution < -0.4 is 5.32 Å². The fourth-order valence-corrected chi connectivity index (χ4v) is 1.99. The molecule has 0 spiro atoms. The number of nitrogens with zero attached hydrogens (tertiary/aromatic N) is 1. The second-order valence-electron chi connectivity index (χ2n) is 4.56. The molecular formula is C12H17BrN2O3. The van der Waals surface area contributed by atoms with Gasteiger partial charge in [-0.1, -0.05) is 6.92 Å². The molecule has 0 saturated heterocycles. The lowest BCUT2D eigenvalue weighted by Gasteiger charge is -2.23. The molecule has 1 atom stereocenters. The minimum absolute atomic E-state index is 0.112. The van der Waals surface area contributed by atoms with Crippen LogP contribution in [0.15, 0.2) is 16.7 Å². The molecule has 0 aliphatic carbocycles. The Balaban J connectivity index is 2.72. The molecule has 1 unspecified atom stereocenters. The van der Waals surface area contributed by atoms with Crippen LogP contribution in [0.25, 0.3) is 0 Å². The van der Waals surface area contributed by atoms with E-state index < -0.39 is 11.4 Å². The lowest BCUT2D eigenvalue weighted by Crippen LogP contribution is -2.41. The number of aliphatic carboxylic acids is 1. The molecule has 0 aliphatic rings. The van der Waals surface area contributed by atoms with Crippen LogP contribution in [-0.4, -0.2) is 28.1 Å². The van der Waals surface area contributed by atoms with Crippen molar-refractivity contribution < 1.29 is 14.7 Å². The molecule has 0 bridgehead atoms. The van der Waals surface area contributed by atoms with E-state index in [0.29, 0.717) is 12.1 Å². The number of hydrogen-bond acceptors (Lipinski definition) is 2. The van der Waals surface area contributed by atoms with E-state index in [9.17, 15) is 9.59 Å². The first kappa shape index (κ1) is 14.8. The number of carboxylic acid groups (broad SMARTS) is 1. The van der Waals surface area contributed by atoms with Gasteiger partial charge in [-0.2, -0.15) is 0 Å². The summed E-state index contributed by atoms with van der Waals surface area (Å²) in [6.07, 6.45) is 2.23. The van der Waals surface area contributed by atoms with Gasteiger partial charge < -0.3 is 15.0 Å². The van der Waals surface area contributed by atoms with E-state index in [4.69, 9.17) is 5.11 Å². The highest BCUT2D eigenvalue weighted by Gasteiger charge is 2.31. The van der Waals surface area contributed by atoms with Gasteiger partial charge in [0.2, 0.25) is 0 Å². The first-order valence-corrected chi connectivity index (χ1v) is 6.43. The second-order valence-corrected chi connectivity index (χ2v) is 5.47. The predicted molar refractivity (Wildman–Crippen MR) is 71.5 cm³/mol. The molecule has 100 valence electrons. The summed E-state index contributed by atoms with van der Waals surface area (Å²) in [5.41, 5.74) is -0.441. The van der Waals surface area contributed by atoms with E-state index in [1.807, 2.05) is 0 Å². The van der Waals surface area contributed by atoms with Crippen LogP contribution in [0.5, 0.6) is 0 Å². The van der Waals surface area contributed by atoms with Crippen molar-refractivity contribution in [3.05, 3.63) is 22.4 Å². The van der Waals surface area contributed by atoms with Gasteiger partial charge in [-0.15, -0.1) is 0 Å². The molecule has 0 saturated carbocycles. The molecule has 1 rings (SSSR count). The van der Waals surface area contributed by atoms with Crippen molar-refractivity contribution in [2.45, 2.75) is 20.3 Å². The number of nitrogens with one attached hydrogen (secondary N) is 1. The Kier molecular flexibility index (Phi) is 4.56. The number of carbonyl (C=O) groups excluding carboxylic acids is 1. The maximum Gasteiger partial charge on any atom is 0.311 e. The lowest BCUT2D eigenvalue weighted by atomic mass is 9.88. The summed E-state index contributed by atoms with van der Waals surface area (Å²) in [4.78, 5) is 23.0. The van der Waals surface area contributed by atoms with Crippen molar-refractivity contribution in [3.8, 4) is 0 Å². The van der Waals surface area contributed by atoms with Gasteiger partial charge in [-0.25, -0.2) is 0 Å². The summed E-state index contributed by atoms with van der Waals surface area (Å²) >= 11 is 3.28. The Morgan fingerprint density at radius 3 is 2.56 bits per heavy atom. The third-order valence-corrected chi connectivity index (χ3v) is 3.57. The monoisotopic (exact) mass is 316 g/mol. The van der Waals surface area contributed by atoms with E-state index in [0.717, 1.165) is 4.47 Å². The first-order valence-electron chi connectivity index (χ1n) is 5.63. The van der Waals surface area contributed by atoms with Crippen molar-refractivity contribution >= 4 is 27.8 Å². The minimum Gasteiger partial charge on any atom is -0.481 e. The summed E-state index contributed by atoms with van der Waals surface area (Å²) in [6.45, 7) is 3.52. The van der Waals surface area contributed by atoms with Gasteiger partial charge in [0.25, 0.3) is 5.91 Å². The zero-order valence-corrected chi connectivity index (χ0v) is 12.2. The van der Waals surface area contributed by atoms with Crippen LogP contribution in [-0.2, 0) is 11.8 Å². The Morgan fingerprint density at radius 2 is 2.17 bits per heavy atom. The number of aromatic nitrogens is 1. The van der Waals surface area contributed by atoms with Gasteiger partial charge in [-0.05, 0) is 35.3 Å². The number of aryl methyl sites for hydroxylation is 1. The smallest absolute Gasteiger partial charge is 0.311 e. The average molecular weight is 317 g/mol. The van der Waals surface area contributed by atoms with Crippen LogP contribution in [0.2, 0.25) is 0 Å². The molecule has 1 amide bonds. The van der Waals surface area contributed by atoms with Crippen molar-refractivity contribution in [1.29, 1.82) is 0 Å². The fourth-order valence-electron chi connectivity index (χ4n) is 1.47. The molecule has 18 heavy (non-hydrogen) atoms. The van der Waals surface area contributed by atoms with E-state index >= 15 is 0 Å².